The lowest BCUT2D eigenvalue weighted by atomic mass is 9.98. The van der Waals surface area contributed by atoms with Crippen molar-refractivity contribution in [3.63, 3.8) is 0 Å². The molecule has 2 aliphatic heterocycles. The molecule has 0 saturated carbocycles. The molecule has 6 heteroatoms. The van der Waals surface area contributed by atoms with Crippen molar-refractivity contribution in [2.75, 3.05) is 26.5 Å². The first kappa shape index (κ1) is 17.5. The summed E-state index contributed by atoms with van der Waals surface area (Å²) in [4.78, 5) is 14.3. The van der Waals surface area contributed by atoms with Gasteiger partial charge in [-0.15, -0.1) is 0 Å². The van der Waals surface area contributed by atoms with Crippen LogP contribution >= 0.6 is 0 Å². The molecule has 2 heterocycles. The molecule has 1 fully saturated rings. The Hall–Kier alpha value is -2.89. The van der Waals surface area contributed by atoms with Gasteiger partial charge in [0.2, 0.25) is 6.79 Å². The Kier molecular flexibility index (Phi) is 5.32. The zero-order valence-electron chi connectivity index (χ0n) is 15.2. The maximum Gasteiger partial charge on any atom is 0.317 e. The average Bonchev–Trinajstić information content (AvgIpc) is 3.21. The van der Waals surface area contributed by atoms with Crippen molar-refractivity contribution in [1.82, 2.24) is 10.2 Å². The second-order valence-corrected chi connectivity index (χ2v) is 6.86. The minimum absolute atomic E-state index is 0.0334. The molecule has 1 saturated heterocycles. The van der Waals surface area contributed by atoms with Gasteiger partial charge < -0.3 is 24.4 Å². The first-order valence-electron chi connectivity index (χ1n) is 9.38. The number of piperidine rings is 1. The Bertz CT molecular complexity index is 773. The van der Waals surface area contributed by atoms with Crippen LogP contribution in [-0.2, 0) is 6.54 Å². The molecule has 4 rings (SSSR count). The van der Waals surface area contributed by atoms with E-state index < -0.39 is 0 Å². The van der Waals surface area contributed by atoms with Gasteiger partial charge in [-0.2, -0.15) is 0 Å². The maximum atomic E-state index is 12.5. The fraction of sp³-hybridized carbons (Fsp3) is 0.381. The lowest BCUT2D eigenvalue weighted by molar-refractivity contribution is 0.145. The minimum atomic E-state index is -0.0334. The van der Waals surface area contributed by atoms with E-state index in [1.165, 1.54) is 0 Å². The predicted molar refractivity (Wildman–Crippen MR) is 101 cm³/mol. The van der Waals surface area contributed by atoms with Gasteiger partial charge in [-0.25, -0.2) is 4.79 Å². The number of nitrogens with one attached hydrogen (secondary N) is 1. The molecular formula is C21H24N2O4. The van der Waals surface area contributed by atoms with Crippen molar-refractivity contribution in [1.29, 1.82) is 0 Å². The quantitative estimate of drug-likeness (QED) is 0.879. The van der Waals surface area contributed by atoms with Gasteiger partial charge in [0.15, 0.2) is 11.5 Å². The Labute approximate surface area is 159 Å². The summed E-state index contributed by atoms with van der Waals surface area (Å²) in [5.41, 5.74) is 0.935. The third kappa shape index (κ3) is 4.27. The van der Waals surface area contributed by atoms with E-state index in [0.717, 1.165) is 48.7 Å². The van der Waals surface area contributed by atoms with E-state index in [1.807, 2.05) is 53.4 Å². The summed E-state index contributed by atoms with van der Waals surface area (Å²) in [6, 6.07) is 15.6. The summed E-state index contributed by atoms with van der Waals surface area (Å²) in [6.07, 6.45) is 1.91. The van der Waals surface area contributed by atoms with Crippen LogP contribution in [0.1, 0.15) is 18.4 Å². The predicted octanol–water partition coefficient (Wildman–Crippen LogP) is 3.42. The number of urea groups is 1. The summed E-state index contributed by atoms with van der Waals surface area (Å²) in [5, 5.41) is 2.99. The summed E-state index contributed by atoms with van der Waals surface area (Å²) in [6.45, 7) is 2.87. The van der Waals surface area contributed by atoms with E-state index in [-0.39, 0.29) is 12.8 Å². The summed E-state index contributed by atoms with van der Waals surface area (Å²) >= 11 is 0. The molecule has 6 nitrogen and oxygen atoms in total. The van der Waals surface area contributed by atoms with Crippen LogP contribution in [-0.4, -0.2) is 37.4 Å². The highest BCUT2D eigenvalue weighted by atomic mass is 16.7. The number of benzene rings is 2. The number of amides is 2. The molecule has 1 N–H and O–H groups in total. The van der Waals surface area contributed by atoms with Gasteiger partial charge in [-0.3, -0.25) is 0 Å². The van der Waals surface area contributed by atoms with E-state index in [2.05, 4.69) is 5.32 Å². The van der Waals surface area contributed by atoms with Gasteiger partial charge in [0.25, 0.3) is 0 Å². The summed E-state index contributed by atoms with van der Waals surface area (Å²) in [7, 11) is 0. The fourth-order valence-corrected chi connectivity index (χ4v) is 3.45. The highest BCUT2D eigenvalue weighted by molar-refractivity contribution is 5.74. The van der Waals surface area contributed by atoms with Gasteiger partial charge in [-0.1, -0.05) is 30.3 Å². The minimum Gasteiger partial charge on any atom is -0.493 e. The molecule has 0 aliphatic carbocycles. The molecule has 0 atom stereocenters. The van der Waals surface area contributed by atoms with Crippen LogP contribution in [0.3, 0.4) is 0 Å². The Morgan fingerprint density at radius 3 is 2.70 bits per heavy atom. The van der Waals surface area contributed by atoms with Crippen molar-refractivity contribution in [2.45, 2.75) is 19.4 Å². The SMILES string of the molecule is O=C(NCc1cccc2c1OCO2)N1CCC(COc2ccccc2)CC1. The normalized spacial score (nSPS) is 16.2. The van der Waals surface area contributed by atoms with Crippen molar-refractivity contribution < 1.29 is 19.0 Å². The molecule has 27 heavy (non-hydrogen) atoms. The molecule has 0 bridgehead atoms. The van der Waals surface area contributed by atoms with Crippen LogP contribution in [0.15, 0.2) is 48.5 Å². The number of carbonyl (C=O) groups is 1. The topological polar surface area (TPSA) is 60.0 Å². The first-order valence-corrected chi connectivity index (χ1v) is 9.38. The van der Waals surface area contributed by atoms with E-state index in [9.17, 15) is 4.79 Å². The summed E-state index contributed by atoms with van der Waals surface area (Å²) in [5.74, 6) is 2.85. The number of para-hydroxylation sites is 2. The molecule has 0 aromatic heterocycles. The van der Waals surface area contributed by atoms with Crippen LogP contribution in [0.2, 0.25) is 0 Å². The zero-order chi connectivity index (χ0) is 18.5. The first-order chi connectivity index (χ1) is 13.3. The second-order valence-electron chi connectivity index (χ2n) is 6.86. The average molecular weight is 368 g/mol. The molecule has 142 valence electrons. The molecule has 0 spiro atoms. The van der Waals surface area contributed by atoms with Crippen molar-refractivity contribution >= 4 is 6.03 Å². The van der Waals surface area contributed by atoms with Crippen molar-refractivity contribution in [3.8, 4) is 17.2 Å². The van der Waals surface area contributed by atoms with Crippen LogP contribution in [0, 0.1) is 5.92 Å². The van der Waals surface area contributed by atoms with Crippen LogP contribution < -0.4 is 19.5 Å². The second kappa shape index (κ2) is 8.20. The van der Waals surface area contributed by atoms with E-state index in [1.54, 1.807) is 0 Å². The molecule has 2 amide bonds. The van der Waals surface area contributed by atoms with Gasteiger partial charge in [0.1, 0.15) is 5.75 Å². The number of hydrogen-bond donors (Lipinski definition) is 1. The smallest absolute Gasteiger partial charge is 0.317 e. The van der Waals surface area contributed by atoms with Crippen LogP contribution in [0.4, 0.5) is 4.79 Å². The Balaban J connectivity index is 1.21. The molecule has 2 aliphatic rings. The highest BCUT2D eigenvalue weighted by Gasteiger charge is 2.24. The monoisotopic (exact) mass is 368 g/mol. The summed E-state index contributed by atoms with van der Waals surface area (Å²) < 4.78 is 16.7. The number of carbonyl (C=O) groups excluding carboxylic acids is 1. The Morgan fingerprint density at radius 2 is 1.89 bits per heavy atom. The number of fused-ring (bicyclic) bond motifs is 1. The van der Waals surface area contributed by atoms with Crippen molar-refractivity contribution in [3.05, 3.63) is 54.1 Å². The van der Waals surface area contributed by atoms with E-state index >= 15 is 0 Å². The van der Waals surface area contributed by atoms with E-state index in [0.29, 0.717) is 19.1 Å². The molecule has 0 radical (unpaired) electrons. The molecule has 2 aromatic rings. The standard InChI is InChI=1S/C21H24N2O4/c24-21(22-13-17-5-4-8-19-20(17)27-15-26-19)23-11-9-16(10-12-23)14-25-18-6-2-1-3-7-18/h1-8,16H,9-15H2,(H,22,24). The third-order valence-corrected chi connectivity index (χ3v) is 5.04. The highest BCUT2D eigenvalue weighted by Crippen LogP contribution is 2.35. The van der Waals surface area contributed by atoms with Crippen LogP contribution in [0.5, 0.6) is 17.2 Å². The molecule has 0 unspecified atom stereocenters. The van der Waals surface area contributed by atoms with Gasteiger partial charge in [0, 0.05) is 25.2 Å². The number of likely N-dealkylation sites (tertiary alicyclic amines) is 1. The van der Waals surface area contributed by atoms with Gasteiger partial charge >= 0.3 is 6.03 Å². The number of rotatable bonds is 5. The molecular weight excluding hydrogens is 344 g/mol. The third-order valence-electron chi connectivity index (χ3n) is 5.04. The largest absolute Gasteiger partial charge is 0.493 e. The lowest BCUT2D eigenvalue weighted by Crippen LogP contribution is -2.44. The van der Waals surface area contributed by atoms with Gasteiger partial charge in [-0.05, 0) is 37.0 Å². The van der Waals surface area contributed by atoms with Crippen molar-refractivity contribution in [2.24, 2.45) is 5.92 Å². The van der Waals surface area contributed by atoms with Gasteiger partial charge in [0.05, 0.1) is 6.61 Å². The molecule has 2 aromatic carbocycles. The number of nitrogens with zero attached hydrogens (tertiary/aromatic N) is 1. The fourth-order valence-electron chi connectivity index (χ4n) is 3.45. The zero-order valence-corrected chi connectivity index (χ0v) is 15.2. The lowest BCUT2D eigenvalue weighted by Gasteiger charge is -2.32. The number of hydrogen-bond acceptors (Lipinski definition) is 4. The number of ether oxygens (including phenoxy) is 3. The maximum absolute atomic E-state index is 12.5. The van der Waals surface area contributed by atoms with E-state index in [4.69, 9.17) is 14.2 Å². The van der Waals surface area contributed by atoms with Crippen LogP contribution in [0.25, 0.3) is 0 Å². The Morgan fingerprint density at radius 1 is 1.07 bits per heavy atom.